The molecule has 118 valence electrons. The van der Waals surface area contributed by atoms with Crippen molar-refractivity contribution >= 4 is 17.3 Å². The lowest BCUT2D eigenvalue weighted by Gasteiger charge is -2.36. The highest BCUT2D eigenvalue weighted by Gasteiger charge is 2.26. The van der Waals surface area contributed by atoms with E-state index in [9.17, 15) is 13.2 Å². The number of nitrogens with one attached hydrogen (secondary N) is 1. The van der Waals surface area contributed by atoms with Gasteiger partial charge in [-0.15, -0.1) is 0 Å². The Hall–Kier alpha value is -0.980. The summed E-state index contributed by atoms with van der Waals surface area (Å²) in [5.41, 5.74) is 1.02. The summed E-state index contributed by atoms with van der Waals surface area (Å²) in [4.78, 5) is 4.37. The first-order valence-electron chi connectivity index (χ1n) is 6.95. The zero-order valence-electron chi connectivity index (χ0n) is 11.7. The maximum atomic E-state index is 12.0. The van der Waals surface area contributed by atoms with E-state index < -0.39 is 12.7 Å². The van der Waals surface area contributed by atoms with Crippen molar-refractivity contribution in [2.75, 3.05) is 50.7 Å². The van der Waals surface area contributed by atoms with Gasteiger partial charge in [-0.05, 0) is 12.1 Å². The molecular formula is C14H19ClF3N3. The topological polar surface area (TPSA) is 18.5 Å². The first kappa shape index (κ1) is 16.4. The highest BCUT2D eigenvalue weighted by atomic mass is 35.5. The number of para-hydroxylation sites is 1. The van der Waals surface area contributed by atoms with Gasteiger partial charge in [0, 0.05) is 39.3 Å². The summed E-state index contributed by atoms with van der Waals surface area (Å²) in [5.74, 6) is 0. The third-order valence-electron chi connectivity index (χ3n) is 3.50. The molecule has 1 N–H and O–H groups in total. The zero-order valence-corrected chi connectivity index (χ0v) is 12.4. The Morgan fingerprint density at radius 1 is 1.10 bits per heavy atom. The summed E-state index contributed by atoms with van der Waals surface area (Å²) in [6, 6.07) is 7.70. The number of rotatable bonds is 5. The molecule has 0 unspecified atom stereocenters. The average Bonchev–Trinajstić information content (AvgIpc) is 2.44. The summed E-state index contributed by atoms with van der Waals surface area (Å²) in [7, 11) is 0. The van der Waals surface area contributed by atoms with Crippen LogP contribution in [0.3, 0.4) is 0 Å². The lowest BCUT2D eigenvalue weighted by Crippen LogP contribution is -2.48. The van der Waals surface area contributed by atoms with Crippen molar-refractivity contribution < 1.29 is 13.2 Å². The predicted octanol–water partition coefficient (Wildman–Crippen LogP) is 2.61. The lowest BCUT2D eigenvalue weighted by atomic mass is 10.2. The molecule has 1 aliphatic heterocycles. The van der Waals surface area contributed by atoms with Gasteiger partial charge in [0.05, 0.1) is 17.3 Å². The average molecular weight is 322 g/mol. The second kappa shape index (κ2) is 7.33. The predicted molar refractivity (Wildman–Crippen MR) is 79.0 cm³/mol. The summed E-state index contributed by atoms with van der Waals surface area (Å²) in [6.45, 7) is 3.40. The molecular weight excluding hydrogens is 303 g/mol. The van der Waals surface area contributed by atoms with E-state index in [1.165, 1.54) is 0 Å². The Balaban J connectivity index is 1.70. The van der Waals surface area contributed by atoms with Gasteiger partial charge in [-0.3, -0.25) is 4.90 Å². The van der Waals surface area contributed by atoms with E-state index in [4.69, 9.17) is 11.6 Å². The van der Waals surface area contributed by atoms with E-state index in [1.807, 2.05) is 24.3 Å². The van der Waals surface area contributed by atoms with E-state index >= 15 is 0 Å². The maximum absolute atomic E-state index is 12.0. The second-order valence-electron chi connectivity index (χ2n) is 5.07. The van der Waals surface area contributed by atoms with Crippen LogP contribution in [0.15, 0.2) is 24.3 Å². The van der Waals surface area contributed by atoms with Crippen molar-refractivity contribution in [2.45, 2.75) is 6.18 Å². The maximum Gasteiger partial charge on any atom is 0.401 e. The first-order valence-corrected chi connectivity index (χ1v) is 7.33. The number of anilines is 1. The lowest BCUT2D eigenvalue weighted by molar-refractivity contribution is -0.124. The van der Waals surface area contributed by atoms with Gasteiger partial charge in [-0.1, -0.05) is 23.7 Å². The molecule has 1 aliphatic rings. The van der Waals surface area contributed by atoms with Crippen LogP contribution in [0.2, 0.25) is 5.02 Å². The monoisotopic (exact) mass is 321 g/mol. The van der Waals surface area contributed by atoms with E-state index in [0.29, 0.717) is 13.1 Å². The molecule has 0 bridgehead atoms. The Kier molecular flexibility index (Phi) is 5.72. The van der Waals surface area contributed by atoms with Gasteiger partial charge < -0.3 is 10.2 Å². The zero-order chi connectivity index (χ0) is 15.3. The molecule has 1 saturated heterocycles. The molecule has 1 aromatic rings. The van der Waals surface area contributed by atoms with Gasteiger partial charge in [-0.2, -0.15) is 13.2 Å². The fourth-order valence-corrected chi connectivity index (χ4v) is 2.64. The molecule has 1 fully saturated rings. The van der Waals surface area contributed by atoms with Crippen LogP contribution in [0.1, 0.15) is 0 Å². The Bertz CT molecular complexity index is 445. The summed E-state index contributed by atoms with van der Waals surface area (Å²) in [6.07, 6.45) is -4.14. The van der Waals surface area contributed by atoms with Gasteiger partial charge in [0.1, 0.15) is 0 Å². The van der Waals surface area contributed by atoms with Crippen molar-refractivity contribution in [1.82, 2.24) is 10.2 Å². The standard InChI is InChI=1S/C14H19ClF3N3/c15-12-3-1-2-4-13(12)21-9-7-20(8-10-21)6-5-19-11-14(16,17)18/h1-4,19H,5-11H2. The summed E-state index contributed by atoms with van der Waals surface area (Å²) in [5, 5.41) is 3.16. The smallest absolute Gasteiger partial charge is 0.368 e. The molecule has 0 aromatic heterocycles. The van der Waals surface area contributed by atoms with Crippen molar-refractivity contribution in [1.29, 1.82) is 0 Å². The number of benzene rings is 1. The molecule has 1 heterocycles. The Morgan fingerprint density at radius 3 is 2.38 bits per heavy atom. The molecule has 0 amide bonds. The Morgan fingerprint density at radius 2 is 1.76 bits per heavy atom. The van der Waals surface area contributed by atoms with Gasteiger partial charge in [0.2, 0.25) is 0 Å². The van der Waals surface area contributed by atoms with Crippen LogP contribution in [0.4, 0.5) is 18.9 Å². The summed E-state index contributed by atoms with van der Waals surface area (Å²) < 4.78 is 36.0. The summed E-state index contributed by atoms with van der Waals surface area (Å²) >= 11 is 6.17. The van der Waals surface area contributed by atoms with Crippen LogP contribution < -0.4 is 10.2 Å². The number of hydrogen-bond donors (Lipinski definition) is 1. The van der Waals surface area contributed by atoms with E-state index in [-0.39, 0.29) is 0 Å². The van der Waals surface area contributed by atoms with Gasteiger partial charge in [0.15, 0.2) is 0 Å². The normalized spacial score (nSPS) is 17.2. The number of nitrogens with zero attached hydrogens (tertiary/aromatic N) is 2. The first-order chi connectivity index (χ1) is 9.96. The quantitative estimate of drug-likeness (QED) is 0.841. The van der Waals surface area contributed by atoms with Crippen LogP contribution in [-0.4, -0.2) is 56.9 Å². The SMILES string of the molecule is FC(F)(F)CNCCN1CCN(c2ccccc2Cl)CC1. The molecule has 0 radical (unpaired) electrons. The van der Waals surface area contributed by atoms with Crippen LogP contribution in [-0.2, 0) is 0 Å². The van der Waals surface area contributed by atoms with E-state index in [1.54, 1.807) is 0 Å². The van der Waals surface area contributed by atoms with Crippen LogP contribution in [0.25, 0.3) is 0 Å². The van der Waals surface area contributed by atoms with Crippen molar-refractivity contribution in [3.8, 4) is 0 Å². The molecule has 0 spiro atoms. The number of hydrogen-bond acceptors (Lipinski definition) is 3. The van der Waals surface area contributed by atoms with Crippen LogP contribution in [0.5, 0.6) is 0 Å². The third-order valence-corrected chi connectivity index (χ3v) is 3.82. The minimum absolute atomic E-state index is 0.353. The molecule has 1 aromatic carbocycles. The van der Waals surface area contributed by atoms with Crippen LogP contribution >= 0.6 is 11.6 Å². The highest BCUT2D eigenvalue weighted by Crippen LogP contribution is 2.25. The fourth-order valence-electron chi connectivity index (χ4n) is 2.39. The highest BCUT2D eigenvalue weighted by molar-refractivity contribution is 6.33. The van der Waals surface area contributed by atoms with Crippen molar-refractivity contribution in [2.24, 2.45) is 0 Å². The number of piperazine rings is 1. The molecule has 0 atom stereocenters. The fraction of sp³-hybridized carbons (Fsp3) is 0.571. The third kappa shape index (κ3) is 5.37. The molecule has 0 aliphatic carbocycles. The van der Waals surface area contributed by atoms with Gasteiger partial charge in [-0.25, -0.2) is 0 Å². The second-order valence-corrected chi connectivity index (χ2v) is 5.48. The van der Waals surface area contributed by atoms with Crippen LogP contribution in [0, 0.1) is 0 Å². The minimum atomic E-state index is -4.14. The van der Waals surface area contributed by atoms with Gasteiger partial charge in [0.25, 0.3) is 0 Å². The molecule has 0 saturated carbocycles. The van der Waals surface area contributed by atoms with Gasteiger partial charge >= 0.3 is 6.18 Å². The molecule has 21 heavy (non-hydrogen) atoms. The molecule has 7 heteroatoms. The largest absolute Gasteiger partial charge is 0.401 e. The molecule has 3 nitrogen and oxygen atoms in total. The number of halogens is 4. The van der Waals surface area contributed by atoms with E-state index in [2.05, 4.69) is 15.1 Å². The molecule has 2 rings (SSSR count). The van der Waals surface area contributed by atoms with Crippen molar-refractivity contribution in [3.05, 3.63) is 29.3 Å². The van der Waals surface area contributed by atoms with Crippen molar-refractivity contribution in [3.63, 3.8) is 0 Å². The minimum Gasteiger partial charge on any atom is -0.368 e. The number of alkyl halides is 3. The van der Waals surface area contributed by atoms with E-state index in [0.717, 1.165) is 36.9 Å². The Labute approximate surface area is 127 Å².